The molecule has 0 saturated heterocycles. The van der Waals surface area contributed by atoms with Gasteiger partial charge in [0, 0.05) is 18.1 Å². The molecule has 0 aliphatic rings. The van der Waals surface area contributed by atoms with Gasteiger partial charge in [-0.15, -0.1) is 0 Å². The van der Waals surface area contributed by atoms with Gasteiger partial charge in [-0.25, -0.2) is 0 Å². The van der Waals surface area contributed by atoms with Crippen molar-refractivity contribution in [3.8, 4) is 5.75 Å². The molecule has 2 N–H and O–H groups in total. The summed E-state index contributed by atoms with van der Waals surface area (Å²) in [5.41, 5.74) is 2.89. The lowest BCUT2D eigenvalue weighted by molar-refractivity contribution is 0.475. The second kappa shape index (κ2) is 5.39. The Balaban J connectivity index is 1.88. The van der Waals surface area contributed by atoms with Gasteiger partial charge in [0.15, 0.2) is 0 Å². The normalized spacial score (nSPS) is 10.7. The molecule has 0 aliphatic carbocycles. The van der Waals surface area contributed by atoms with Crippen LogP contribution in [0.15, 0.2) is 54.7 Å². The highest BCUT2D eigenvalue weighted by atomic mass is 35.5. The van der Waals surface area contributed by atoms with Crippen molar-refractivity contribution in [1.82, 2.24) is 4.98 Å². The fourth-order valence-electron chi connectivity index (χ4n) is 2.09. The first kappa shape index (κ1) is 12.8. The van der Waals surface area contributed by atoms with Crippen molar-refractivity contribution >= 4 is 28.2 Å². The van der Waals surface area contributed by atoms with Crippen LogP contribution in [0.25, 0.3) is 10.9 Å². The van der Waals surface area contributed by atoms with Gasteiger partial charge in [-0.1, -0.05) is 23.7 Å². The lowest BCUT2D eigenvalue weighted by Crippen LogP contribution is -2.00. The summed E-state index contributed by atoms with van der Waals surface area (Å²) in [5.74, 6) is 0.271. The zero-order chi connectivity index (χ0) is 13.9. The SMILES string of the molecule is Oc1ccc(CNc2ccc(Cl)c3cccnc23)cc1. The molecule has 0 spiro atoms. The molecule has 3 rings (SSSR count). The Hall–Kier alpha value is -2.26. The van der Waals surface area contributed by atoms with Gasteiger partial charge in [0.25, 0.3) is 0 Å². The van der Waals surface area contributed by atoms with Crippen LogP contribution in [-0.4, -0.2) is 10.1 Å². The Morgan fingerprint density at radius 1 is 1.05 bits per heavy atom. The third-order valence-electron chi connectivity index (χ3n) is 3.14. The molecule has 0 bridgehead atoms. The van der Waals surface area contributed by atoms with Gasteiger partial charge in [-0.3, -0.25) is 4.98 Å². The Morgan fingerprint density at radius 3 is 2.65 bits per heavy atom. The summed E-state index contributed by atoms with van der Waals surface area (Å²) in [4.78, 5) is 4.38. The Kier molecular flexibility index (Phi) is 3.44. The standard InChI is InChI=1S/C16H13ClN2O/c17-14-7-8-15(16-13(14)2-1-9-18-16)19-10-11-3-5-12(20)6-4-11/h1-9,19-20H,10H2. The minimum atomic E-state index is 0.271. The largest absolute Gasteiger partial charge is 0.508 e. The van der Waals surface area contributed by atoms with Gasteiger partial charge in [-0.05, 0) is 42.0 Å². The van der Waals surface area contributed by atoms with E-state index in [2.05, 4.69) is 10.3 Å². The van der Waals surface area contributed by atoms with Gasteiger partial charge in [0.2, 0.25) is 0 Å². The molecular formula is C16H13ClN2O. The first-order valence-corrected chi connectivity index (χ1v) is 6.67. The number of phenols is 1. The predicted molar refractivity (Wildman–Crippen MR) is 82.2 cm³/mol. The van der Waals surface area contributed by atoms with E-state index < -0.39 is 0 Å². The molecule has 100 valence electrons. The van der Waals surface area contributed by atoms with Gasteiger partial charge in [0.1, 0.15) is 5.75 Å². The number of fused-ring (bicyclic) bond motifs is 1. The maximum absolute atomic E-state index is 9.27. The molecule has 1 aromatic heterocycles. The molecule has 3 nitrogen and oxygen atoms in total. The topological polar surface area (TPSA) is 45.1 Å². The van der Waals surface area contributed by atoms with Crippen LogP contribution in [0.5, 0.6) is 5.75 Å². The first-order valence-electron chi connectivity index (χ1n) is 6.29. The highest BCUT2D eigenvalue weighted by Gasteiger charge is 2.05. The van der Waals surface area contributed by atoms with Gasteiger partial charge < -0.3 is 10.4 Å². The lowest BCUT2D eigenvalue weighted by atomic mass is 10.1. The van der Waals surface area contributed by atoms with Crippen LogP contribution in [0.3, 0.4) is 0 Å². The fourth-order valence-corrected chi connectivity index (χ4v) is 2.31. The van der Waals surface area contributed by atoms with Crippen molar-refractivity contribution in [1.29, 1.82) is 0 Å². The molecular weight excluding hydrogens is 272 g/mol. The highest BCUT2D eigenvalue weighted by molar-refractivity contribution is 6.35. The maximum Gasteiger partial charge on any atom is 0.115 e. The van der Waals surface area contributed by atoms with E-state index in [0.29, 0.717) is 11.6 Å². The van der Waals surface area contributed by atoms with Crippen molar-refractivity contribution in [2.45, 2.75) is 6.54 Å². The number of nitrogens with one attached hydrogen (secondary N) is 1. The molecule has 1 heterocycles. The summed E-state index contributed by atoms with van der Waals surface area (Å²) in [5, 5.41) is 14.2. The molecule has 0 fully saturated rings. The van der Waals surface area contributed by atoms with Crippen molar-refractivity contribution in [3.63, 3.8) is 0 Å². The summed E-state index contributed by atoms with van der Waals surface area (Å²) in [6.07, 6.45) is 1.75. The van der Waals surface area contributed by atoms with Crippen LogP contribution in [0.1, 0.15) is 5.56 Å². The van der Waals surface area contributed by atoms with Crippen molar-refractivity contribution in [3.05, 3.63) is 65.3 Å². The molecule has 0 atom stereocenters. The lowest BCUT2D eigenvalue weighted by Gasteiger charge is -2.10. The van der Waals surface area contributed by atoms with E-state index in [1.54, 1.807) is 18.3 Å². The monoisotopic (exact) mass is 284 g/mol. The molecule has 0 amide bonds. The predicted octanol–water partition coefficient (Wildman–Crippen LogP) is 4.21. The van der Waals surface area contributed by atoms with E-state index in [9.17, 15) is 5.11 Å². The fraction of sp³-hybridized carbons (Fsp3) is 0.0625. The maximum atomic E-state index is 9.27. The number of anilines is 1. The molecule has 2 aromatic carbocycles. The van der Waals surface area contributed by atoms with E-state index in [4.69, 9.17) is 11.6 Å². The highest BCUT2D eigenvalue weighted by Crippen LogP contribution is 2.28. The summed E-state index contributed by atoms with van der Waals surface area (Å²) in [6, 6.07) is 14.7. The summed E-state index contributed by atoms with van der Waals surface area (Å²) in [6.45, 7) is 0.660. The van der Waals surface area contributed by atoms with E-state index in [1.807, 2.05) is 36.4 Å². The van der Waals surface area contributed by atoms with E-state index in [-0.39, 0.29) is 5.75 Å². The Bertz CT molecular complexity index is 741. The van der Waals surface area contributed by atoms with Crippen molar-refractivity contribution in [2.24, 2.45) is 0 Å². The number of aromatic hydroxyl groups is 1. The third-order valence-corrected chi connectivity index (χ3v) is 3.47. The Labute approximate surface area is 121 Å². The quantitative estimate of drug-likeness (QED) is 0.757. The van der Waals surface area contributed by atoms with Crippen LogP contribution < -0.4 is 5.32 Å². The van der Waals surface area contributed by atoms with Crippen LogP contribution >= 0.6 is 11.6 Å². The van der Waals surface area contributed by atoms with Crippen LogP contribution in [-0.2, 0) is 6.54 Å². The van der Waals surface area contributed by atoms with E-state index >= 15 is 0 Å². The number of aromatic nitrogens is 1. The zero-order valence-corrected chi connectivity index (χ0v) is 11.4. The summed E-state index contributed by atoms with van der Waals surface area (Å²) >= 11 is 6.17. The number of halogens is 1. The smallest absolute Gasteiger partial charge is 0.115 e. The number of hydrogen-bond donors (Lipinski definition) is 2. The van der Waals surface area contributed by atoms with Crippen molar-refractivity contribution < 1.29 is 5.11 Å². The average Bonchev–Trinajstić information content (AvgIpc) is 2.49. The Morgan fingerprint density at radius 2 is 1.85 bits per heavy atom. The first-order chi connectivity index (χ1) is 9.74. The minimum Gasteiger partial charge on any atom is -0.508 e. The number of pyridine rings is 1. The zero-order valence-electron chi connectivity index (χ0n) is 10.7. The molecule has 0 aliphatic heterocycles. The number of nitrogens with zero attached hydrogens (tertiary/aromatic N) is 1. The second-order valence-corrected chi connectivity index (χ2v) is 4.92. The van der Waals surface area contributed by atoms with Crippen LogP contribution in [0.4, 0.5) is 5.69 Å². The molecule has 0 unspecified atom stereocenters. The van der Waals surface area contributed by atoms with Crippen molar-refractivity contribution in [2.75, 3.05) is 5.32 Å². The second-order valence-electron chi connectivity index (χ2n) is 4.51. The van der Waals surface area contributed by atoms with Crippen LogP contribution in [0, 0.1) is 0 Å². The molecule has 0 radical (unpaired) electrons. The molecule has 0 saturated carbocycles. The van der Waals surface area contributed by atoms with E-state index in [1.165, 1.54) is 0 Å². The number of benzene rings is 2. The van der Waals surface area contributed by atoms with Gasteiger partial charge >= 0.3 is 0 Å². The summed E-state index contributed by atoms with van der Waals surface area (Å²) < 4.78 is 0. The molecule has 3 aromatic rings. The number of phenolic OH excluding ortho intramolecular Hbond substituents is 1. The molecule has 4 heteroatoms. The minimum absolute atomic E-state index is 0.271. The van der Waals surface area contributed by atoms with Gasteiger partial charge in [0.05, 0.1) is 16.2 Å². The average molecular weight is 285 g/mol. The molecule has 20 heavy (non-hydrogen) atoms. The third kappa shape index (κ3) is 2.53. The van der Waals surface area contributed by atoms with Crippen LogP contribution in [0.2, 0.25) is 5.02 Å². The number of rotatable bonds is 3. The van der Waals surface area contributed by atoms with E-state index in [0.717, 1.165) is 22.2 Å². The number of hydrogen-bond acceptors (Lipinski definition) is 3. The summed E-state index contributed by atoms with van der Waals surface area (Å²) in [7, 11) is 0. The van der Waals surface area contributed by atoms with Gasteiger partial charge in [-0.2, -0.15) is 0 Å².